The van der Waals surface area contributed by atoms with E-state index >= 15 is 0 Å². The van der Waals surface area contributed by atoms with E-state index in [1.165, 1.54) is 20.3 Å². The Labute approximate surface area is 190 Å². The Morgan fingerprint density at radius 2 is 1.70 bits per heavy atom. The third-order valence-electron chi connectivity index (χ3n) is 5.81. The lowest BCUT2D eigenvalue weighted by Crippen LogP contribution is -2.21. The van der Waals surface area contributed by atoms with Crippen molar-refractivity contribution in [2.75, 3.05) is 19.1 Å². The van der Waals surface area contributed by atoms with Gasteiger partial charge in [0.25, 0.3) is 0 Å². The quantitative estimate of drug-likeness (QED) is 0.394. The number of para-hydroxylation sites is 2. The highest BCUT2D eigenvalue weighted by molar-refractivity contribution is 5.94. The summed E-state index contributed by atoms with van der Waals surface area (Å²) >= 11 is 0. The number of anilines is 2. The highest BCUT2D eigenvalue weighted by atomic mass is 16.5. The van der Waals surface area contributed by atoms with E-state index in [0.29, 0.717) is 33.8 Å². The van der Waals surface area contributed by atoms with Crippen LogP contribution in [0.4, 0.5) is 11.4 Å². The molecule has 1 atom stereocenters. The summed E-state index contributed by atoms with van der Waals surface area (Å²) in [7, 11) is 3.02. The van der Waals surface area contributed by atoms with Crippen molar-refractivity contribution in [1.29, 1.82) is 0 Å². The fraction of sp³-hybridized carbons (Fsp3) is 0.111. The number of nitrogens with zero attached hydrogens (tertiary/aromatic N) is 1. The number of ether oxygens (including phenoxy) is 2. The van der Waals surface area contributed by atoms with Gasteiger partial charge in [-0.1, -0.05) is 36.4 Å². The molecule has 1 unspecified atom stereocenters. The maximum absolute atomic E-state index is 13.1. The van der Waals surface area contributed by atoms with Crippen molar-refractivity contribution in [2.45, 2.75) is 5.92 Å². The van der Waals surface area contributed by atoms with Gasteiger partial charge in [-0.15, -0.1) is 0 Å². The van der Waals surface area contributed by atoms with Gasteiger partial charge in [-0.05, 0) is 23.8 Å². The number of carbonyl (C=O) groups is 1. The number of rotatable bonds is 5. The molecule has 0 bridgehead atoms. The largest absolute Gasteiger partial charge is 0.496 e. The van der Waals surface area contributed by atoms with E-state index in [0.717, 1.165) is 23.2 Å². The summed E-state index contributed by atoms with van der Waals surface area (Å²) in [6, 6.07) is 22.2. The Bertz CT molecular complexity index is 1440. The number of methoxy groups -OCH3 is 2. The molecule has 0 saturated heterocycles. The Morgan fingerprint density at radius 3 is 2.42 bits per heavy atom. The summed E-state index contributed by atoms with van der Waals surface area (Å²) < 4.78 is 16.9. The summed E-state index contributed by atoms with van der Waals surface area (Å²) in [5.41, 5.74) is 3.31. The predicted molar refractivity (Wildman–Crippen MR) is 127 cm³/mol. The van der Waals surface area contributed by atoms with E-state index in [1.807, 2.05) is 65.7 Å². The molecule has 6 heteroatoms. The van der Waals surface area contributed by atoms with Gasteiger partial charge in [0.2, 0.25) is 0 Å². The Kier molecular flexibility index (Phi) is 5.18. The maximum atomic E-state index is 13.1. The molecule has 0 amide bonds. The van der Waals surface area contributed by atoms with Crippen LogP contribution in [-0.2, 0) is 4.79 Å². The normalized spacial score (nSPS) is 15.0. The topological polar surface area (TPSA) is 69.0 Å². The number of hydrogen-bond donors (Lipinski definition) is 0. The number of carbonyl (C=O) groups excluding carboxylic acids is 1. The summed E-state index contributed by atoms with van der Waals surface area (Å²) in [6.45, 7) is 0. The number of benzene rings is 3. The molecule has 0 fully saturated rings. The first-order valence-electron chi connectivity index (χ1n) is 10.4. The standard InChI is InChI=1S/C27H21NO5/c1-31-18-12-25(32-2)27-23(30)14-24(33-26(27)13-18)20-15-28(17-8-4-3-5-9-17)22-11-7-6-10-19(22)21(20)16-29/h3-16,21H,1-2H3. The molecule has 1 aromatic heterocycles. The van der Waals surface area contributed by atoms with Crippen LogP contribution in [0.15, 0.2) is 88.2 Å². The number of hydrogen-bond acceptors (Lipinski definition) is 6. The van der Waals surface area contributed by atoms with Crippen LogP contribution in [0.25, 0.3) is 16.5 Å². The minimum Gasteiger partial charge on any atom is -0.496 e. The predicted octanol–water partition coefficient (Wildman–Crippen LogP) is 5.29. The Hall–Kier alpha value is -4.32. The molecule has 3 aromatic carbocycles. The molecule has 0 radical (unpaired) electrons. The van der Waals surface area contributed by atoms with Crippen LogP contribution in [0.5, 0.6) is 11.5 Å². The highest BCUT2D eigenvalue weighted by Crippen LogP contribution is 2.44. The molecular formula is C27H21NO5. The third kappa shape index (κ3) is 3.46. The fourth-order valence-corrected chi connectivity index (χ4v) is 4.24. The maximum Gasteiger partial charge on any atom is 0.197 e. The molecule has 0 spiro atoms. The Morgan fingerprint density at radius 1 is 0.939 bits per heavy atom. The summed E-state index contributed by atoms with van der Waals surface area (Å²) in [5.74, 6) is 0.593. The smallest absolute Gasteiger partial charge is 0.197 e. The van der Waals surface area contributed by atoms with Crippen LogP contribution in [0.3, 0.4) is 0 Å². The molecule has 0 saturated carbocycles. The molecule has 5 rings (SSSR count). The van der Waals surface area contributed by atoms with Gasteiger partial charge in [-0.3, -0.25) is 4.79 Å². The van der Waals surface area contributed by atoms with E-state index in [-0.39, 0.29) is 5.43 Å². The SMILES string of the molecule is COc1cc(OC)c2c(=O)cc(C3=CN(c4ccccc4)c4ccccc4C3C=O)oc2c1. The fourth-order valence-electron chi connectivity index (χ4n) is 4.24. The van der Waals surface area contributed by atoms with E-state index in [1.54, 1.807) is 12.1 Å². The van der Waals surface area contributed by atoms with Gasteiger partial charge in [0.1, 0.15) is 34.5 Å². The minimum absolute atomic E-state index is 0.263. The van der Waals surface area contributed by atoms with Crippen LogP contribution >= 0.6 is 0 Å². The number of allylic oxidation sites excluding steroid dienone is 1. The number of fused-ring (bicyclic) bond motifs is 2. The molecule has 4 aromatic rings. The molecule has 2 heterocycles. The molecule has 0 N–H and O–H groups in total. The minimum atomic E-state index is -0.589. The zero-order valence-corrected chi connectivity index (χ0v) is 18.1. The molecule has 6 nitrogen and oxygen atoms in total. The van der Waals surface area contributed by atoms with E-state index in [9.17, 15) is 9.59 Å². The molecule has 1 aliphatic rings. The van der Waals surface area contributed by atoms with Gasteiger partial charge in [-0.25, -0.2) is 0 Å². The molecule has 164 valence electrons. The number of aldehydes is 1. The summed E-state index contributed by atoms with van der Waals surface area (Å²) in [6.07, 6.45) is 2.74. The van der Waals surface area contributed by atoms with Gasteiger partial charge in [0.05, 0.1) is 20.1 Å². The van der Waals surface area contributed by atoms with Crippen LogP contribution in [0.2, 0.25) is 0 Å². The Balaban J connectivity index is 1.76. The van der Waals surface area contributed by atoms with Crippen LogP contribution in [0, 0.1) is 0 Å². The van der Waals surface area contributed by atoms with Crippen molar-refractivity contribution in [1.82, 2.24) is 0 Å². The lowest BCUT2D eigenvalue weighted by molar-refractivity contribution is -0.108. The third-order valence-corrected chi connectivity index (χ3v) is 5.81. The molecule has 0 aliphatic carbocycles. The lowest BCUT2D eigenvalue weighted by Gasteiger charge is -2.32. The first-order valence-corrected chi connectivity index (χ1v) is 10.4. The van der Waals surface area contributed by atoms with Gasteiger partial charge in [0.15, 0.2) is 5.43 Å². The lowest BCUT2D eigenvalue weighted by atomic mass is 9.86. The molecule has 1 aliphatic heterocycles. The van der Waals surface area contributed by atoms with Crippen molar-refractivity contribution in [3.8, 4) is 11.5 Å². The average Bonchev–Trinajstić information content (AvgIpc) is 2.87. The van der Waals surface area contributed by atoms with E-state index in [2.05, 4.69) is 0 Å². The van der Waals surface area contributed by atoms with Gasteiger partial charge < -0.3 is 23.6 Å². The first kappa shape index (κ1) is 20.6. The monoisotopic (exact) mass is 439 g/mol. The summed E-state index contributed by atoms with van der Waals surface area (Å²) in [4.78, 5) is 27.4. The van der Waals surface area contributed by atoms with Crippen molar-refractivity contribution in [3.63, 3.8) is 0 Å². The van der Waals surface area contributed by atoms with Crippen molar-refractivity contribution in [3.05, 3.63) is 101 Å². The van der Waals surface area contributed by atoms with Crippen LogP contribution in [-0.4, -0.2) is 20.5 Å². The highest BCUT2D eigenvalue weighted by Gasteiger charge is 2.30. The van der Waals surface area contributed by atoms with Crippen LogP contribution < -0.4 is 19.8 Å². The second kappa shape index (κ2) is 8.31. The second-order valence-electron chi connectivity index (χ2n) is 7.64. The van der Waals surface area contributed by atoms with Gasteiger partial charge in [-0.2, -0.15) is 0 Å². The van der Waals surface area contributed by atoms with Gasteiger partial charge >= 0.3 is 0 Å². The van der Waals surface area contributed by atoms with Crippen molar-refractivity contribution >= 4 is 34.2 Å². The molecular weight excluding hydrogens is 418 g/mol. The van der Waals surface area contributed by atoms with E-state index < -0.39 is 5.92 Å². The zero-order chi connectivity index (χ0) is 22.9. The van der Waals surface area contributed by atoms with Crippen LogP contribution in [0.1, 0.15) is 17.2 Å². The van der Waals surface area contributed by atoms with Crippen molar-refractivity contribution < 1.29 is 18.7 Å². The van der Waals surface area contributed by atoms with Crippen molar-refractivity contribution in [2.24, 2.45) is 0 Å². The summed E-state index contributed by atoms with van der Waals surface area (Å²) in [5, 5.41) is 0.321. The average molecular weight is 439 g/mol. The first-order chi connectivity index (χ1) is 16.1. The van der Waals surface area contributed by atoms with E-state index in [4.69, 9.17) is 13.9 Å². The zero-order valence-electron chi connectivity index (χ0n) is 18.1. The second-order valence-corrected chi connectivity index (χ2v) is 7.64. The van der Waals surface area contributed by atoms with Gasteiger partial charge in [0, 0.05) is 41.3 Å². The molecule has 33 heavy (non-hydrogen) atoms.